The summed E-state index contributed by atoms with van der Waals surface area (Å²) in [6.07, 6.45) is 2.11. The molecule has 0 bridgehead atoms. The standard InChI is InChI=1S/C18H21NO3S/c1-13-4-5-16(17(20)9-13)18(21)19(10-14-6-8-23-12-14)11-15-3-2-7-22-15/h4-6,8-9,12,15,20H,2-3,7,10-11H2,1H3/t15-/m0/s1. The number of phenolic OH excluding ortho intramolecular Hbond substituents is 1. The van der Waals surface area contributed by atoms with Crippen LogP contribution in [-0.4, -0.2) is 35.2 Å². The van der Waals surface area contributed by atoms with Gasteiger partial charge in [-0.2, -0.15) is 11.3 Å². The summed E-state index contributed by atoms with van der Waals surface area (Å²) < 4.78 is 5.68. The number of phenols is 1. The Hall–Kier alpha value is -1.85. The molecule has 0 spiro atoms. The van der Waals surface area contributed by atoms with E-state index in [1.54, 1.807) is 28.4 Å². The number of carbonyl (C=O) groups is 1. The predicted octanol–water partition coefficient (Wildman–Crippen LogP) is 3.58. The van der Waals surface area contributed by atoms with Crippen LogP contribution < -0.4 is 0 Å². The maximum Gasteiger partial charge on any atom is 0.258 e. The van der Waals surface area contributed by atoms with Gasteiger partial charge in [0.25, 0.3) is 5.91 Å². The molecule has 23 heavy (non-hydrogen) atoms. The van der Waals surface area contributed by atoms with Crippen LogP contribution >= 0.6 is 11.3 Å². The Morgan fingerprint density at radius 2 is 2.30 bits per heavy atom. The fourth-order valence-electron chi connectivity index (χ4n) is 2.85. The van der Waals surface area contributed by atoms with Gasteiger partial charge in [-0.15, -0.1) is 0 Å². The summed E-state index contributed by atoms with van der Waals surface area (Å²) in [7, 11) is 0. The Morgan fingerprint density at radius 1 is 1.43 bits per heavy atom. The smallest absolute Gasteiger partial charge is 0.258 e. The highest BCUT2D eigenvalue weighted by atomic mass is 32.1. The van der Waals surface area contributed by atoms with E-state index in [-0.39, 0.29) is 17.8 Å². The average molecular weight is 331 g/mol. The van der Waals surface area contributed by atoms with E-state index in [0.717, 1.165) is 30.6 Å². The topological polar surface area (TPSA) is 49.8 Å². The summed E-state index contributed by atoms with van der Waals surface area (Å²) in [6.45, 7) is 3.75. The van der Waals surface area contributed by atoms with Crippen molar-refractivity contribution in [3.63, 3.8) is 0 Å². The Labute approximate surface area is 140 Å². The van der Waals surface area contributed by atoms with Crippen molar-refractivity contribution in [3.05, 3.63) is 51.7 Å². The first-order valence-electron chi connectivity index (χ1n) is 7.85. The van der Waals surface area contributed by atoms with Gasteiger partial charge in [0, 0.05) is 19.7 Å². The van der Waals surface area contributed by atoms with Crippen LogP contribution in [0.2, 0.25) is 0 Å². The number of carbonyl (C=O) groups excluding carboxylic acids is 1. The summed E-state index contributed by atoms with van der Waals surface area (Å²) in [4.78, 5) is 14.7. The van der Waals surface area contributed by atoms with Gasteiger partial charge in [0.2, 0.25) is 0 Å². The van der Waals surface area contributed by atoms with Gasteiger partial charge >= 0.3 is 0 Å². The van der Waals surface area contributed by atoms with Crippen molar-refractivity contribution in [1.82, 2.24) is 4.90 Å². The highest BCUT2D eigenvalue weighted by Crippen LogP contribution is 2.23. The van der Waals surface area contributed by atoms with Crippen LogP contribution in [0, 0.1) is 6.92 Å². The van der Waals surface area contributed by atoms with Gasteiger partial charge in [0.05, 0.1) is 11.7 Å². The van der Waals surface area contributed by atoms with Crippen LogP contribution in [-0.2, 0) is 11.3 Å². The van der Waals surface area contributed by atoms with E-state index in [1.807, 2.05) is 29.8 Å². The van der Waals surface area contributed by atoms with E-state index < -0.39 is 0 Å². The number of rotatable bonds is 5. The van der Waals surface area contributed by atoms with E-state index in [4.69, 9.17) is 4.74 Å². The molecule has 0 radical (unpaired) electrons. The predicted molar refractivity (Wildman–Crippen MR) is 90.9 cm³/mol. The molecule has 1 N–H and O–H groups in total. The minimum Gasteiger partial charge on any atom is -0.507 e. The lowest BCUT2D eigenvalue weighted by molar-refractivity contribution is 0.0505. The van der Waals surface area contributed by atoms with E-state index in [9.17, 15) is 9.90 Å². The zero-order chi connectivity index (χ0) is 16.2. The summed E-state index contributed by atoms with van der Waals surface area (Å²) >= 11 is 1.62. The zero-order valence-corrected chi connectivity index (χ0v) is 14.0. The van der Waals surface area contributed by atoms with Gasteiger partial charge in [-0.25, -0.2) is 0 Å². The molecule has 1 aliphatic heterocycles. The molecule has 4 nitrogen and oxygen atoms in total. The first kappa shape index (κ1) is 16.0. The lowest BCUT2D eigenvalue weighted by Gasteiger charge is -2.25. The third kappa shape index (κ3) is 3.92. The van der Waals surface area contributed by atoms with Crippen molar-refractivity contribution in [2.24, 2.45) is 0 Å². The normalized spacial score (nSPS) is 17.3. The van der Waals surface area contributed by atoms with Gasteiger partial charge in [-0.3, -0.25) is 4.79 Å². The fraction of sp³-hybridized carbons (Fsp3) is 0.389. The largest absolute Gasteiger partial charge is 0.507 e. The minimum absolute atomic E-state index is 0.0395. The highest BCUT2D eigenvalue weighted by molar-refractivity contribution is 7.07. The molecule has 1 aromatic heterocycles. The molecule has 122 valence electrons. The van der Waals surface area contributed by atoms with Gasteiger partial charge in [-0.05, 0) is 59.9 Å². The first-order valence-corrected chi connectivity index (χ1v) is 8.79. The number of ether oxygens (including phenoxy) is 1. The molecule has 3 rings (SSSR count). The lowest BCUT2D eigenvalue weighted by Crippen LogP contribution is -2.36. The van der Waals surface area contributed by atoms with E-state index in [0.29, 0.717) is 18.7 Å². The monoisotopic (exact) mass is 331 g/mol. The number of nitrogens with zero attached hydrogens (tertiary/aromatic N) is 1. The fourth-order valence-corrected chi connectivity index (χ4v) is 3.51. The van der Waals surface area contributed by atoms with Gasteiger partial charge < -0.3 is 14.7 Å². The SMILES string of the molecule is Cc1ccc(C(=O)N(Cc2ccsc2)C[C@@H]2CCCO2)c(O)c1. The average Bonchev–Trinajstić information content (AvgIpc) is 3.19. The summed E-state index contributed by atoms with van der Waals surface area (Å²) in [5, 5.41) is 14.2. The number of benzene rings is 1. The quantitative estimate of drug-likeness (QED) is 0.911. The van der Waals surface area contributed by atoms with Gasteiger partial charge in [-0.1, -0.05) is 6.07 Å². The highest BCUT2D eigenvalue weighted by Gasteiger charge is 2.25. The molecule has 1 saturated heterocycles. The number of hydrogen-bond acceptors (Lipinski definition) is 4. The van der Waals surface area contributed by atoms with Crippen molar-refractivity contribution in [2.45, 2.75) is 32.4 Å². The number of thiophene rings is 1. The van der Waals surface area contributed by atoms with Crippen molar-refractivity contribution in [1.29, 1.82) is 0 Å². The molecule has 5 heteroatoms. The zero-order valence-electron chi connectivity index (χ0n) is 13.2. The molecule has 2 aromatic rings. The van der Waals surface area contributed by atoms with Gasteiger partial charge in [0.15, 0.2) is 0 Å². The molecular weight excluding hydrogens is 310 g/mol. The first-order chi connectivity index (χ1) is 11.1. The van der Waals surface area contributed by atoms with Crippen LogP contribution in [0.5, 0.6) is 5.75 Å². The Morgan fingerprint density at radius 3 is 2.96 bits per heavy atom. The van der Waals surface area contributed by atoms with Crippen LogP contribution in [0.15, 0.2) is 35.0 Å². The molecule has 1 amide bonds. The number of aryl methyl sites for hydroxylation is 1. The van der Waals surface area contributed by atoms with Crippen molar-refractivity contribution in [2.75, 3.05) is 13.2 Å². The maximum absolute atomic E-state index is 12.9. The number of aromatic hydroxyl groups is 1. The van der Waals surface area contributed by atoms with E-state index >= 15 is 0 Å². The summed E-state index contributed by atoms with van der Waals surface area (Å²) in [5.74, 6) is -0.109. The van der Waals surface area contributed by atoms with Crippen molar-refractivity contribution in [3.8, 4) is 5.75 Å². The van der Waals surface area contributed by atoms with Crippen molar-refractivity contribution < 1.29 is 14.6 Å². The molecule has 1 atom stereocenters. The second-order valence-corrected chi connectivity index (χ2v) is 6.75. The lowest BCUT2D eigenvalue weighted by atomic mass is 10.1. The van der Waals surface area contributed by atoms with Crippen LogP contribution in [0.1, 0.15) is 34.3 Å². The molecule has 0 aliphatic carbocycles. The third-order valence-electron chi connectivity index (χ3n) is 4.07. The second-order valence-electron chi connectivity index (χ2n) is 5.97. The number of hydrogen-bond donors (Lipinski definition) is 1. The Balaban J connectivity index is 1.81. The Kier molecular flexibility index (Phi) is 4.98. The molecule has 1 fully saturated rings. The maximum atomic E-state index is 12.9. The number of amides is 1. The molecular formula is C18H21NO3S. The van der Waals surface area contributed by atoms with Crippen molar-refractivity contribution >= 4 is 17.2 Å². The third-order valence-corrected chi connectivity index (χ3v) is 4.80. The molecule has 1 aromatic carbocycles. The molecule has 0 saturated carbocycles. The summed E-state index contributed by atoms with van der Waals surface area (Å²) in [5.41, 5.74) is 2.39. The minimum atomic E-state index is -0.149. The van der Waals surface area contributed by atoms with Crippen LogP contribution in [0.25, 0.3) is 0 Å². The Bertz CT molecular complexity index is 663. The second kappa shape index (κ2) is 7.15. The van der Waals surface area contributed by atoms with Crippen LogP contribution in [0.3, 0.4) is 0 Å². The van der Waals surface area contributed by atoms with E-state index in [1.165, 1.54) is 0 Å². The molecule has 2 heterocycles. The van der Waals surface area contributed by atoms with Crippen LogP contribution in [0.4, 0.5) is 0 Å². The molecule has 0 unspecified atom stereocenters. The van der Waals surface area contributed by atoms with E-state index in [2.05, 4.69) is 0 Å². The summed E-state index contributed by atoms with van der Waals surface area (Å²) in [6, 6.07) is 7.20. The molecule has 1 aliphatic rings. The van der Waals surface area contributed by atoms with Gasteiger partial charge in [0.1, 0.15) is 5.75 Å².